The molecular formula is C13H14ClN3. The number of hydrogen-bond donors (Lipinski definition) is 1. The van der Waals surface area contributed by atoms with Crippen molar-refractivity contribution in [2.24, 2.45) is 0 Å². The highest BCUT2D eigenvalue weighted by atomic mass is 35.5. The first-order valence-electron chi connectivity index (χ1n) is 5.30. The zero-order valence-electron chi connectivity index (χ0n) is 9.81. The van der Waals surface area contributed by atoms with Gasteiger partial charge in [0, 0.05) is 18.9 Å². The Labute approximate surface area is 106 Å². The molecule has 0 radical (unpaired) electrons. The lowest BCUT2D eigenvalue weighted by molar-refractivity contribution is 1.12. The first kappa shape index (κ1) is 11.7. The second-order valence-electron chi connectivity index (χ2n) is 3.91. The van der Waals surface area contributed by atoms with Gasteiger partial charge in [0.15, 0.2) is 5.82 Å². The number of nitrogen functional groups attached to an aromatic ring is 1. The molecule has 88 valence electrons. The first-order valence-corrected chi connectivity index (χ1v) is 5.68. The van der Waals surface area contributed by atoms with Crippen molar-refractivity contribution in [2.75, 3.05) is 17.7 Å². The van der Waals surface area contributed by atoms with Gasteiger partial charge < -0.3 is 10.6 Å². The lowest BCUT2D eigenvalue weighted by Gasteiger charge is -2.21. The van der Waals surface area contributed by atoms with Gasteiger partial charge in [-0.2, -0.15) is 0 Å². The maximum absolute atomic E-state index is 5.92. The van der Waals surface area contributed by atoms with Crippen LogP contribution in [0.1, 0.15) is 5.56 Å². The number of para-hydroxylation sites is 1. The molecule has 0 fully saturated rings. The molecule has 0 aliphatic rings. The van der Waals surface area contributed by atoms with Crippen molar-refractivity contribution >= 4 is 28.8 Å². The Morgan fingerprint density at radius 1 is 1.29 bits per heavy atom. The Morgan fingerprint density at radius 2 is 2.00 bits per heavy atom. The lowest BCUT2D eigenvalue weighted by atomic mass is 10.2. The number of nitrogens with two attached hydrogens (primary N) is 1. The third-order valence-electron chi connectivity index (χ3n) is 2.66. The molecule has 0 spiro atoms. The summed E-state index contributed by atoms with van der Waals surface area (Å²) in [6, 6.07) is 9.79. The van der Waals surface area contributed by atoms with Crippen molar-refractivity contribution < 1.29 is 0 Å². The smallest absolute Gasteiger partial charge is 0.156 e. The summed E-state index contributed by atoms with van der Waals surface area (Å²) in [6.45, 7) is 2.05. The summed E-state index contributed by atoms with van der Waals surface area (Å²) in [5, 5.41) is 0.546. The number of pyridine rings is 1. The second kappa shape index (κ2) is 4.63. The van der Waals surface area contributed by atoms with Crippen molar-refractivity contribution in [3.63, 3.8) is 0 Å². The summed E-state index contributed by atoms with van der Waals surface area (Å²) < 4.78 is 0. The van der Waals surface area contributed by atoms with E-state index in [2.05, 4.69) is 18.0 Å². The van der Waals surface area contributed by atoms with Crippen LogP contribution in [0.4, 0.5) is 17.2 Å². The van der Waals surface area contributed by atoms with E-state index < -0.39 is 0 Å². The summed E-state index contributed by atoms with van der Waals surface area (Å²) in [6.07, 6.45) is 1.60. The SMILES string of the molecule is Cc1ccccc1N(C)c1ncc(Cl)cc1N. The minimum Gasteiger partial charge on any atom is -0.396 e. The molecule has 0 saturated heterocycles. The molecule has 0 bridgehead atoms. The Bertz CT molecular complexity index is 540. The van der Waals surface area contributed by atoms with E-state index in [4.69, 9.17) is 17.3 Å². The monoisotopic (exact) mass is 247 g/mol. The number of hydrogen-bond acceptors (Lipinski definition) is 3. The van der Waals surface area contributed by atoms with Gasteiger partial charge >= 0.3 is 0 Å². The molecule has 2 rings (SSSR count). The van der Waals surface area contributed by atoms with Gasteiger partial charge in [-0.1, -0.05) is 29.8 Å². The van der Waals surface area contributed by atoms with Crippen LogP contribution in [0.3, 0.4) is 0 Å². The van der Waals surface area contributed by atoms with Crippen LogP contribution in [0.25, 0.3) is 0 Å². The van der Waals surface area contributed by atoms with Crippen LogP contribution in [-0.4, -0.2) is 12.0 Å². The van der Waals surface area contributed by atoms with E-state index in [1.54, 1.807) is 12.3 Å². The van der Waals surface area contributed by atoms with Crippen LogP contribution in [0.2, 0.25) is 5.02 Å². The standard InChI is InChI=1S/C13H14ClN3/c1-9-5-3-4-6-12(9)17(2)13-11(15)7-10(14)8-16-13/h3-8H,15H2,1-2H3. The van der Waals surface area contributed by atoms with Crippen LogP contribution in [0.5, 0.6) is 0 Å². The fraction of sp³-hybridized carbons (Fsp3) is 0.154. The number of nitrogens with zero attached hydrogens (tertiary/aromatic N) is 2. The quantitative estimate of drug-likeness (QED) is 0.885. The number of rotatable bonds is 2. The predicted octanol–water partition coefficient (Wildman–Crippen LogP) is 3.39. The van der Waals surface area contributed by atoms with Crippen LogP contribution in [-0.2, 0) is 0 Å². The molecule has 4 heteroatoms. The van der Waals surface area contributed by atoms with Gasteiger partial charge in [-0.3, -0.25) is 0 Å². The van der Waals surface area contributed by atoms with E-state index in [1.165, 1.54) is 5.56 Å². The zero-order chi connectivity index (χ0) is 12.4. The molecule has 3 nitrogen and oxygen atoms in total. The molecule has 1 heterocycles. The molecule has 1 aromatic carbocycles. The summed E-state index contributed by atoms with van der Waals surface area (Å²) in [4.78, 5) is 6.22. The van der Waals surface area contributed by atoms with Crippen molar-refractivity contribution in [1.29, 1.82) is 0 Å². The van der Waals surface area contributed by atoms with Crippen molar-refractivity contribution in [2.45, 2.75) is 6.92 Å². The summed E-state index contributed by atoms with van der Waals surface area (Å²) in [7, 11) is 1.94. The first-order chi connectivity index (χ1) is 8.09. The molecule has 0 aliphatic heterocycles. The summed E-state index contributed by atoms with van der Waals surface area (Å²) >= 11 is 5.84. The van der Waals surface area contributed by atoms with E-state index in [0.717, 1.165) is 5.69 Å². The van der Waals surface area contributed by atoms with Crippen LogP contribution in [0, 0.1) is 6.92 Å². The second-order valence-corrected chi connectivity index (χ2v) is 4.35. The van der Waals surface area contributed by atoms with Crippen molar-refractivity contribution in [3.8, 4) is 0 Å². The molecular weight excluding hydrogens is 234 g/mol. The fourth-order valence-electron chi connectivity index (χ4n) is 1.78. The molecule has 0 amide bonds. The van der Waals surface area contributed by atoms with Crippen LogP contribution < -0.4 is 10.6 Å². The van der Waals surface area contributed by atoms with Crippen molar-refractivity contribution in [1.82, 2.24) is 4.98 Å². The van der Waals surface area contributed by atoms with Gasteiger partial charge in [-0.05, 0) is 24.6 Å². The number of anilines is 3. The number of benzene rings is 1. The van der Waals surface area contributed by atoms with Crippen LogP contribution in [0.15, 0.2) is 36.5 Å². The van der Waals surface area contributed by atoms with Crippen molar-refractivity contribution in [3.05, 3.63) is 47.1 Å². The Hall–Kier alpha value is -1.74. The number of aromatic nitrogens is 1. The average Bonchev–Trinajstić information content (AvgIpc) is 2.29. The molecule has 0 atom stereocenters. The van der Waals surface area contributed by atoms with Gasteiger partial charge in [0.25, 0.3) is 0 Å². The summed E-state index contributed by atoms with van der Waals surface area (Å²) in [5.41, 5.74) is 8.74. The minimum absolute atomic E-state index is 0.546. The average molecular weight is 248 g/mol. The van der Waals surface area contributed by atoms with Gasteiger partial charge in [0.1, 0.15) is 0 Å². The maximum atomic E-state index is 5.92. The van der Waals surface area contributed by atoms with E-state index >= 15 is 0 Å². The normalized spacial score (nSPS) is 10.3. The van der Waals surface area contributed by atoms with E-state index in [0.29, 0.717) is 16.5 Å². The van der Waals surface area contributed by atoms with Gasteiger partial charge in [0.2, 0.25) is 0 Å². The highest BCUT2D eigenvalue weighted by Gasteiger charge is 2.11. The molecule has 17 heavy (non-hydrogen) atoms. The third kappa shape index (κ3) is 2.34. The van der Waals surface area contributed by atoms with E-state index in [9.17, 15) is 0 Å². The topological polar surface area (TPSA) is 42.2 Å². The Balaban J connectivity index is 2.44. The highest BCUT2D eigenvalue weighted by molar-refractivity contribution is 6.30. The Morgan fingerprint density at radius 3 is 2.65 bits per heavy atom. The molecule has 1 aromatic heterocycles. The Kier molecular flexibility index (Phi) is 3.20. The maximum Gasteiger partial charge on any atom is 0.156 e. The van der Waals surface area contributed by atoms with Gasteiger partial charge in [-0.25, -0.2) is 4.98 Å². The zero-order valence-corrected chi connectivity index (χ0v) is 10.6. The largest absolute Gasteiger partial charge is 0.396 e. The highest BCUT2D eigenvalue weighted by Crippen LogP contribution is 2.30. The number of aryl methyl sites for hydroxylation is 1. The molecule has 2 N–H and O–H groups in total. The minimum atomic E-state index is 0.546. The fourth-order valence-corrected chi connectivity index (χ4v) is 1.95. The van der Waals surface area contributed by atoms with Gasteiger partial charge in [-0.15, -0.1) is 0 Å². The molecule has 0 aliphatic carbocycles. The lowest BCUT2D eigenvalue weighted by Crippen LogP contribution is -2.14. The predicted molar refractivity (Wildman–Crippen MR) is 72.9 cm³/mol. The van der Waals surface area contributed by atoms with E-state index in [-0.39, 0.29) is 0 Å². The molecule has 2 aromatic rings. The summed E-state index contributed by atoms with van der Waals surface area (Å²) in [5.74, 6) is 0.712. The third-order valence-corrected chi connectivity index (χ3v) is 2.86. The molecule has 0 saturated carbocycles. The van der Waals surface area contributed by atoms with Crippen LogP contribution >= 0.6 is 11.6 Å². The molecule has 0 unspecified atom stereocenters. The van der Waals surface area contributed by atoms with E-state index in [1.807, 2.05) is 30.1 Å². The number of halogens is 1. The van der Waals surface area contributed by atoms with Gasteiger partial charge in [0.05, 0.1) is 10.7 Å².